The van der Waals surface area contributed by atoms with Gasteiger partial charge in [-0.3, -0.25) is 0 Å². The first kappa shape index (κ1) is 26.1. The van der Waals surface area contributed by atoms with Crippen LogP contribution in [0.4, 0.5) is 18.9 Å². The number of fused-ring (bicyclic) bond motifs is 1. The maximum absolute atomic E-state index is 12.6. The molecule has 11 heteroatoms. The van der Waals surface area contributed by atoms with Crippen LogP contribution >= 0.6 is 23.2 Å². The zero-order chi connectivity index (χ0) is 25.9. The predicted molar refractivity (Wildman–Crippen MR) is 132 cm³/mol. The van der Waals surface area contributed by atoms with Gasteiger partial charge in [0.15, 0.2) is 0 Å². The molecule has 0 amide bonds. The zero-order valence-electron chi connectivity index (χ0n) is 19.1. The average molecular weight is 540 g/mol. The van der Waals surface area contributed by atoms with Crippen LogP contribution in [0.15, 0.2) is 65.7 Å². The first-order valence-corrected chi connectivity index (χ1v) is 11.6. The smallest absolute Gasteiger partial charge is 0.406 e. The van der Waals surface area contributed by atoms with Crippen LogP contribution in [0.25, 0.3) is 11.0 Å². The summed E-state index contributed by atoms with van der Waals surface area (Å²) in [7, 11) is 1.59. The Balaban J connectivity index is 1.89. The van der Waals surface area contributed by atoms with Crippen molar-refractivity contribution >= 4 is 39.9 Å². The van der Waals surface area contributed by atoms with E-state index in [0.717, 1.165) is 22.2 Å². The van der Waals surface area contributed by atoms with Crippen LogP contribution in [0.3, 0.4) is 0 Å². The van der Waals surface area contributed by atoms with Crippen LogP contribution in [0.2, 0.25) is 10.0 Å². The summed E-state index contributed by atoms with van der Waals surface area (Å²) in [4.78, 5) is 4.77. The minimum Gasteiger partial charge on any atom is -0.406 e. The second-order valence-electron chi connectivity index (χ2n) is 7.91. The molecule has 0 bridgehead atoms. The molecule has 6 nitrogen and oxygen atoms in total. The van der Waals surface area contributed by atoms with Gasteiger partial charge >= 0.3 is 6.36 Å². The molecule has 0 saturated carbocycles. The Morgan fingerprint density at radius 1 is 0.889 bits per heavy atom. The number of imidazole rings is 1. The lowest BCUT2D eigenvalue weighted by atomic mass is 10.1. The van der Waals surface area contributed by atoms with Crippen molar-refractivity contribution in [1.29, 1.82) is 0 Å². The number of ether oxygens (including phenoxy) is 2. The van der Waals surface area contributed by atoms with E-state index in [4.69, 9.17) is 32.9 Å². The predicted octanol–water partition coefficient (Wildman–Crippen LogP) is 6.07. The largest absolute Gasteiger partial charge is 0.573 e. The third-order valence-electron chi connectivity index (χ3n) is 5.45. The van der Waals surface area contributed by atoms with E-state index in [0.29, 0.717) is 41.0 Å². The molecule has 0 aliphatic heterocycles. The maximum atomic E-state index is 12.6. The third kappa shape index (κ3) is 6.04. The lowest BCUT2D eigenvalue weighted by Crippen LogP contribution is -2.27. The second-order valence-corrected chi connectivity index (χ2v) is 8.73. The molecular formula is C25H22Cl2F3N3O3. The summed E-state index contributed by atoms with van der Waals surface area (Å²) in [5.74, 6) is -0.336. The van der Waals surface area contributed by atoms with Crippen molar-refractivity contribution in [2.75, 3.05) is 13.7 Å². The molecule has 190 valence electrons. The molecule has 4 aromatic rings. The molecule has 1 aromatic heterocycles. The Hall–Kier alpha value is -2.98. The van der Waals surface area contributed by atoms with E-state index in [1.807, 2.05) is 33.4 Å². The summed E-state index contributed by atoms with van der Waals surface area (Å²) in [6, 6.07) is 16.3. The maximum Gasteiger partial charge on any atom is 0.573 e. The first-order chi connectivity index (χ1) is 17.2. The number of aromatic nitrogens is 2. The van der Waals surface area contributed by atoms with Gasteiger partial charge in [0, 0.05) is 13.7 Å². The van der Waals surface area contributed by atoms with E-state index in [9.17, 15) is 18.3 Å². The fraction of sp³-hybridized carbons (Fsp3) is 0.240. The number of hydrogen-bond donors (Lipinski definition) is 1. The van der Waals surface area contributed by atoms with E-state index < -0.39 is 6.36 Å². The number of alkyl halides is 3. The minimum absolute atomic E-state index is 0.0630. The highest BCUT2D eigenvalue weighted by atomic mass is 35.5. The van der Waals surface area contributed by atoms with Gasteiger partial charge in [0.1, 0.15) is 5.75 Å². The Morgan fingerprint density at radius 3 is 2.03 bits per heavy atom. The highest BCUT2D eigenvalue weighted by Crippen LogP contribution is 2.29. The summed E-state index contributed by atoms with van der Waals surface area (Å²) < 4.78 is 50.8. The fourth-order valence-corrected chi connectivity index (χ4v) is 4.09. The summed E-state index contributed by atoms with van der Waals surface area (Å²) in [6.45, 7) is 1.17. The molecule has 1 heterocycles. The molecule has 3 aromatic carbocycles. The summed E-state index contributed by atoms with van der Waals surface area (Å²) >= 11 is 12.7. The van der Waals surface area contributed by atoms with Gasteiger partial charge in [-0.15, -0.1) is 13.2 Å². The van der Waals surface area contributed by atoms with E-state index in [1.54, 1.807) is 19.2 Å². The van der Waals surface area contributed by atoms with Gasteiger partial charge in [-0.1, -0.05) is 47.5 Å². The van der Waals surface area contributed by atoms with Crippen molar-refractivity contribution < 1.29 is 27.8 Å². The molecule has 0 saturated heterocycles. The number of methoxy groups -OCH3 is 1. The molecule has 36 heavy (non-hydrogen) atoms. The van der Waals surface area contributed by atoms with Crippen molar-refractivity contribution in [1.82, 2.24) is 9.13 Å². The molecular weight excluding hydrogens is 518 g/mol. The van der Waals surface area contributed by atoms with Crippen LogP contribution in [0, 0.1) is 0 Å². The first-order valence-electron chi connectivity index (χ1n) is 10.8. The molecule has 0 aliphatic carbocycles. The van der Waals surface area contributed by atoms with Crippen LogP contribution in [0.5, 0.6) is 5.75 Å². The molecule has 0 spiro atoms. The van der Waals surface area contributed by atoms with Crippen molar-refractivity contribution in [2.45, 2.75) is 26.1 Å². The number of aliphatic hydroxyl groups is 1. The topological polar surface area (TPSA) is 60.9 Å². The number of benzene rings is 3. The van der Waals surface area contributed by atoms with Gasteiger partial charge in [-0.25, -0.2) is 4.99 Å². The average Bonchev–Trinajstić information content (AvgIpc) is 3.10. The van der Waals surface area contributed by atoms with Crippen molar-refractivity contribution in [2.24, 2.45) is 4.99 Å². The summed E-state index contributed by atoms with van der Waals surface area (Å²) in [5, 5.41) is 10.1. The van der Waals surface area contributed by atoms with Gasteiger partial charge < -0.3 is 23.7 Å². The van der Waals surface area contributed by atoms with E-state index >= 15 is 0 Å². The SMILES string of the molecule is COCCn1/c(=N/c2ccc(OC(F)(F)F)cc2)n(Cc2ccc(CO)cc2)c2cc(Cl)c(Cl)cc21. The highest BCUT2D eigenvalue weighted by Gasteiger charge is 2.31. The zero-order valence-corrected chi connectivity index (χ0v) is 20.6. The van der Waals surface area contributed by atoms with Gasteiger partial charge in [0.25, 0.3) is 0 Å². The van der Waals surface area contributed by atoms with Crippen molar-refractivity contribution in [3.05, 3.63) is 87.5 Å². The lowest BCUT2D eigenvalue weighted by molar-refractivity contribution is -0.274. The Morgan fingerprint density at radius 2 is 1.47 bits per heavy atom. The van der Waals surface area contributed by atoms with E-state index in [1.165, 1.54) is 24.3 Å². The van der Waals surface area contributed by atoms with Crippen molar-refractivity contribution in [3.8, 4) is 5.75 Å². The molecule has 0 fully saturated rings. The van der Waals surface area contributed by atoms with Crippen LogP contribution in [-0.4, -0.2) is 34.3 Å². The minimum atomic E-state index is -4.78. The monoisotopic (exact) mass is 539 g/mol. The molecule has 1 N–H and O–H groups in total. The summed E-state index contributed by atoms with van der Waals surface area (Å²) in [5.41, 5.74) is 4.21. The quantitative estimate of drug-likeness (QED) is 0.295. The Kier molecular flexibility index (Phi) is 7.94. The lowest BCUT2D eigenvalue weighted by Gasteiger charge is -2.09. The van der Waals surface area contributed by atoms with E-state index in [-0.39, 0.29) is 12.4 Å². The number of rotatable bonds is 8. The normalized spacial score (nSPS) is 12.5. The highest BCUT2D eigenvalue weighted by molar-refractivity contribution is 6.42. The molecule has 0 radical (unpaired) electrons. The van der Waals surface area contributed by atoms with Crippen LogP contribution < -0.4 is 10.4 Å². The standard InChI is InChI=1S/C25H22Cl2F3N3O3/c1-35-11-10-32-22-12-20(26)21(27)13-23(22)33(14-16-2-4-17(15-34)5-3-16)24(32)31-18-6-8-19(9-7-18)36-25(28,29)30/h2-9,12-13,34H,10-11,14-15H2,1H3/b31-24-. The van der Waals surface area contributed by atoms with E-state index in [2.05, 4.69) is 4.74 Å². The second kappa shape index (κ2) is 11.0. The number of halogens is 5. The van der Waals surface area contributed by atoms with Gasteiger partial charge in [0.2, 0.25) is 5.62 Å². The molecule has 0 atom stereocenters. The van der Waals surface area contributed by atoms with Gasteiger partial charge in [0.05, 0.1) is 46.5 Å². The van der Waals surface area contributed by atoms with Crippen LogP contribution in [0.1, 0.15) is 11.1 Å². The summed E-state index contributed by atoms with van der Waals surface area (Å²) in [6.07, 6.45) is -4.78. The molecule has 4 rings (SSSR count). The van der Waals surface area contributed by atoms with Crippen LogP contribution in [-0.2, 0) is 24.4 Å². The number of aliphatic hydroxyl groups excluding tert-OH is 1. The molecule has 0 unspecified atom stereocenters. The molecule has 0 aliphatic rings. The van der Waals surface area contributed by atoms with Gasteiger partial charge in [-0.05, 0) is 47.5 Å². The van der Waals surface area contributed by atoms with Crippen molar-refractivity contribution in [3.63, 3.8) is 0 Å². The number of nitrogens with zero attached hydrogens (tertiary/aromatic N) is 3. The number of hydrogen-bond acceptors (Lipinski definition) is 4. The Bertz CT molecular complexity index is 1410. The Labute approximate surface area is 214 Å². The van der Waals surface area contributed by atoms with Gasteiger partial charge in [-0.2, -0.15) is 0 Å². The fourth-order valence-electron chi connectivity index (χ4n) is 3.77. The third-order valence-corrected chi connectivity index (χ3v) is 6.17.